The van der Waals surface area contributed by atoms with Crippen molar-refractivity contribution in [2.45, 2.75) is 123 Å². The Morgan fingerprint density at radius 1 is 0.763 bits per heavy atom. The molecular formula is C34H50N2O2. The summed E-state index contributed by atoms with van der Waals surface area (Å²) in [6.45, 7) is 4.48. The Balaban J connectivity index is 1.16. The molecule has 0 atom stereocenters. The molecule has 0 bridgehead atoms. The number of aryl methyl sites for hydroxylation is 1. The molecule has 0 saturated heterocycles. The first-order valence-corrected chi connectivity index (χ1v) is 15.8. The molecule has 2 aliphatic rings. The standard InChI is InChI=1S/C34H50N2O2/c1-3-5-7-8-9-11-26-12-14-28(15-13-26)29-16-18-31(19-17-29)34(37)38-32-22-20-30(21-23-32)33-35-24-27(25-36-33)10-6-4-2/h20-26,28-29,31H,3-19H2,1-2H3. The summed E-state index contributed by atoms with van der Waals surface area (Å²) in [6.07, 6.45) is 25.7. The number of aromatic nitrogens is 2. The Labute approximate surface area is 231 Å². The molecule has 2 aliphatic carbocycles. The number of carbonyl (C=O) groups excluding carboxylic acids is 1. The lowest BCUT2D eigenvalue weighted by Gasteiger charge is -2.37. The zero-order valence-corrected chi connectivity index (χ0v) is 24.0. The van der Waals surface area contributed by atoms with E-state index in [0.29, 0.717) is 11.6 Å². The molecule has 0 N–H and O–H groups in total. The minimum atomic E-state index is -0.0560. The molecule has 1 aromatic carbocycles. The number of hydrogen-bond acceptors (Lipinski definition) is 4. The van der Waals surface area contributed by atoms with E-state index in [4.69, 9.17) is 4.74 Å². The summed E-state index contributed by atoms with van der Waals surface area (Å²) >= 11 is 0. The predicted octanol–water partition coefficient (Wildman–Crippen LogP) is 9.36. The Morgan fingerprint density at radius 2 is 1.37 bits per heavy atom. The molecule has 2 saturated carbocycles. The Bertz CT molecular complexity index is 939. The van der Waals surface area contributed by atoms with E-state index in [0.717, 1.165) is 49.0 Å². The fourth-order valence-electron chi connectivity index (χ4n) is 6.70. The molecule has 4 heteroatoms. The number of rotatable bonds is 13. The van der Waals surface area contributed by atoms with Crippen LogP contribution in [0.4, 0.5) is 0 Å². The highest BCUT2D eigenvalue weighted by molar-refractivity contribution is 5.75. The fraction of sp³-hybridized carbons (Fsp3) is 0.676. The summed E-state index contributed by atoms with van der Waals surface area (Å²) in [5.74, 6) is 4.00. The fourth-order valence-corrected chi connectivity index (χ4v) is 6.70. The Kier molecular flexibility index (Phi) is 11.6. The van der Waals surface area contributed by atoms with E-state index >= 15 is 0 Å². The monoisotopic (exact) mass is 518 g/mol. The van der Waals surface area contributed by atoms with Crippen molar-refractivity contribution in [1.82, 2.24) is 9.97 Å². The minimum Gasteiger partial charge on any atom is -0.426 e. The van der Waals surface area contributed by atoms with E-state index in [1.807, 2.05) is 36.7 Å². The molecule has 2 aromatic rings. The first-order chi connectivity index (χ1) is 18.7. The lowest BCUT2D eigenvalue weighted by atomic mass is 9.68. The third kappa shape index (κ3) is 8.64. The minimum absolute atomic E-state index is 0.0457. The molecule has 38 heavy (non-hydrogen) atoms. The van der Waals surface area contributed by atoms with Gasteiger partial charge in [-0.05, 0) is 98.9 Å². The van der Waals surface area contributed by atoms with Crippen molar-refractivity contribution < 1.29 is 9.53 Å². The summed E-state index contributed by atoms with van der Waals surface area (Å²) in [4.78, 5) is 21.9. The van der Waals surface area contributed by atoms with Gasteiger partial charge in [-0.25, -0.2) is 9.97 Å². The van der Waals surface area contributed by atoms with Crippen molar-refractivity contribution >= 4 is 5.97 Å². The number of esters is 1. The van der Waals surface area contributed by atoms with Gasteiger partial charge in [0.15, 0.2) is 5.82 Å². The maximum atomic E-state index is 12.9. The zero-order chi connectivity index (χ0) is 26.6. The zero-order valence-electron chi connectivity index (χ0n) is 24.0. The second-order valence-corrected chi connectivity index (χ2v) is 12.1. The topological polar surface area (TPSA) is 52.1 Å². The van der Waals surface area contributed by atoms with Gasteiger partial charge in [0.2, 0.25) is 0 Å². The average molecular weight is 519 g/mol. The number of benzene rings is 1. The third-order valence-electron chi connectivity index (χ3n) is 9.23. The molecule has 0 aliphatic heterocycles. The molecule has 0 radical (unpaired) electrons. The van der Waals surface area contributed by atoms with Crippen LogP contribution < -0.4 is 4.74 Å². The van der Waals surface area contributed by atoms with Crippen LogP contribution in [0.3, 0.4) is 0 Å². The first-order valence-electron chi connectivity index (χ1n) is 15.8. The summed E-state index contributed by atoms with van der Waals surface area (Å²) in [6, 6.07) is 7.63. The maximum Gasteiger partial charge on any atom is 0.314 e. The molecule has 0 spiro atoms. The van der Waals surface area contributed by atoms with Gasteiger partial charge >= 0.3 is 5.97 Å². The van der Waals surface area contributed by atoms with Gasteiger partial charge < -0.3 is 4.74 Å². The van der Waals surface area contributed by atoms with Crippen LogP contribution in [0, 0.1) is 23.7 Å². The predicted molar refractivity (Wildman–Crippen MR) is 156 cm³/mol. The molecular weight excluding hydrogens is 468 g/mol. The van der Waals surface area contributed by atoms with Gasteiger partial charge in [-0.15, -0.1) is 0 Å². The lowest BCUT2D eigenvalue weighted by Crippen LogP contribution is -2.30. The molecule has 2 fully saturated rings. The molecule has 4 nitrogen and oxygen atoms in total. The SMILES string of the molecule is CCCCCCCC1CCC(C2CCC(C(=O)Oc3ccc(-c4ncc(CCCC)cn4)cc3)CC2)CC1. The van der Waals surface area contributed by atoms with Crippen LogP contribution in [0.2, 0.25) is 0 Å². The number of ether oxygens (including phenoxy) is 1. The molecule has 4 rings (SSSR count). The highest BCUT2D eigenvalue weighted by Crippen LogP contribution is 2.42. The van der Waals surface area contributed by atoms with Crippen molar-refractivity contribution in [2.75, 3.05) is 0 Å². The number of nitrogens with zero attached hydrogens (tertiary/aromatic N) is 2. The Hall–Kier alpha value is -2.23. The van der Waals surface area contributed by atoms with E-state index in [-0.39, 0.29) is 11.9 Å². The van der Waals surface area contributed by atoms with Gasteiger partial charge in [-0.2, -0.15) is 0 Å². The number of carbonyl (C=O) groups is 1. The van der Waals surface area contributed by atoms with Crippen LogP contribution in [0.25, 0.3) is 11.4 Å². The Morgan fingerprint density at radius 3 is 2.00 bits per heavy atom. The number of hydrogen-bond donors (Lipinski definition) is 0. The highest BCUT2D eigenvalue weighted by Gasteiger charge is 2.33. The van der Waals surface area contributed by atoms with Gasteiger partial charge in [0, 0.05) is 18.0 Å². The lowest BCUT2D eigenvalue weighted by molar-refractivity contribution is -0.140. The summed E-state index contributed by atoms with van der Waals surface area (Å²) in [7, 11) is 0. The van der Waals surface area contributed by atoms with E-state index in [2.05, 4.69) is 23.8 Å². The van der Waals surface area contributed by atoms with E-state index in [9.17, 15) is 4.79 Å². The summed E-state index contributed by atoms with van der Waals surface area (Å²) < 4.78 is 5.79. The summed E-state index contributed by atoms with van der Waals surface area (Å²) in [5, 5.41) is 0. The second-order valence-electron chi connectivity index (χ2n) is 12.1. The van der Waals surface area contributed by atoms with Crippen LogP contribution in [-0.2, 0) is 11.2 Å². The maximum absolute atomic E-state index is 12.9. The van der Waals surface area contributed by atoms with Crippen LogP contribution in [0.1, 0.15) is 122 Å². The van der Waals surface area contributed by atoms with E-state index in [1.54, 1.807) is 0 Å². The van der Waals surface area contributed by atoms with Gasteiger partial charge in [0.1, 0.15) is 5.75 Å². The second kappa shape index (κ2) is 15.4. The molecule has 0 unspecified atom stereocenters. The van der Waals surface area contributed by atoms with Gasteiger partial charge in [0.05, 0.1) is 5.92 Å². The molecule has 1 aromatic heterocycles. The smallest absolute Gasteiger partial charge is 0.314 e. The van der Waals surface area contributed by atoms with Crippen LogP contribution in [-0.4, -0.2) is 15.9 Å². The quantitative estimate of drug-likeness (QED) is 0.151. The normalized spacial score (nSPS) is 23.7. The number of unbranched alkanes of at least 4 members (excludes halogenated alkanes) is 5. The van der Waals surface area contributed by atoms with Crippen molar-refractivity contribution in [3.05, 3.63) is 42.2 Å². The van der Waals surface area contributed by atoms with Crippen molar-refractivity contribution in [1.29, 1.82) is 0 Å². The summed E-state index contributed by atoms with van der Waals surface area (Å²) in [5.41, 5.74) is 2.12. The third-order valence-corrected chi connectivity index (χ3v) is 9.23. The van der Waals surface area contributed by atoms with Crippen molar-refractivity contribution in [3.8, 4) is 17.1 Å². The van der Waals surface area contributed by atoms with Gasteiger partial charge in [0.25, 0.3) is 0 Å². The molecule has 208 valence electrons. The van der Waals surface area contributed by atoms with Crippen LogP contribution in [0.5, 0.6) is 5.75 Å². The van der Waals surface area contributed by atoms with Crippen LogP contribution >= 0.6 is 0 Å². The van der Waals surface area contributed by atoms with Crippen molar-refractivity contribution in [3.63, 3.8) is 0 Å². The van der Waals surface area contributed by atoms with Gasteiger partial charge in [-0.3, -0.25) is 4.79 Å². The molecule has 0 amide bonds. The van der Waals surface area contributed by atoms with E-state index in [1.165, 1.54) is 89.0 Å². The average Bonchev–Trinajstić information content (AvgIpc) is 2.97. The largest absolute Gasteiger partial charge is 0.426 e. The first kappa shape index (κ1) is 28.8. The van der Waals surface area contributed by atoms with Crippen LogP contribution in [0.15, 0.2) is 36.7 Å². The van der Waals surface area contributed by atoms with Crippen molar-refractivity contribution in [2.24, 2.45) is 23.7 Å². The van der Waals surface area contributed by atoms with Gasteiger partial charge in [-0.1, -0.05) is 71.6 Å². The molecule has 1 heterocycles. The van der Waals surface area contributed by atoms with E-state index < -0.39 is 0 Å². The highest BCUT2D eigenvalue weighted by atomic mass is 16.5.